The van der Waals surface area contributed by atoms with Crippen LogP contribution in [0, 0.1) is 0 Å². The summed E-state index contributed by atoms with van der Waals surface area (Å²) in [4.78, 5) is 18.2. The summed E-state index contributed by atoms with van der Waals surface area (Å²) < 4.78 is 5.28. The molecule has 30 heavy (non-hydrogen) atoms. The summed E-state index contributed by atoms with van der Waals surface area (Å²) in [5, 5.41) is 0. The van der Waals surface area contributed by atoms with Gasteiger partial charge in [0.05, 0.1) is 5.92 Å². The van der Waals surface area contributed by atoms with E-state index in [4.69, 9.17) is 4.74 Å². The van der Waals surface area contributed by atoms with E-state index in [9.17, 15) is 4.79 Å². The van der Waals surface area contributed by atoms with E-state index >= 15 is 0 Å². The summed E-state index contributed by atoms with van der Waals surface area (Å²) >= 11 is 0. The number of methoxy groups -OCH3 is 1. The molecule has 0 aromatic heterocycles. The largest absolute Gasteiger partial charge is 0.385 e. The second-order valence-electron chi connectivity index (χ2n) is 9.25. The van der Waals surface area contributed by atoms with Gasteiger partial charge in [-0.2, -0.15) is 0 Å². The lowest BCUT2D eigenvalue weighted by atomic mass is 9.88. The number of fused-ring (bicyclic) bond motifs is 2. The van der Waals surface area contributed by atoms with Crippen molar-refractivity contribution in [2.75, 3.05) is 31.7 Å². The van der Waals surface area contributed by atoms with Gasteiger partial charge in [0.2, 0.25) is 5.91 Å². The van der Waals surface area contributed by atoms with Gasteiger partial charge in [-0.05, 0) is 61.8 Å². The fraction of sp³-hybridized carbons (Fsp3) is 0.500. The molecule has 0 N–H and O–H groups in total. The van der Waals surface area contributed by atoms with E-state index in [1.807, 2.05) is 0 Å². The standard InChI is InChI=1S/C26H32N2O2/c1-26(15-11-19-7-3-5-9-23(19)26)27-16-12-20(13-17-27)28-24-10-6-4-8-21(24)22(25(28)29)14-18-30-2/h3-10,20,22H,11-18H2,1-2H3. The van der Waals surface area contributed by atoms with Gasteiger partial charge in [-0.1, -0.05) is 42.5 Å². The van der Waals surface area contributed by atoms with E-state index in [-0.39, 0.29) is 17.4 Å². The van der Waals surface area contributed by atoms with E-state index in [1.165, 1.54) is 29.5 Å². The number of benzene rings is 2. The predicted molar refractivity (Wildman–Crippen MR) is 120 cm³/mol. The van der Waals surface area contributed by atoms with E-state index in [1.54, 1.807) is 7.11 Å². The van der Waals surface area contributed by atoms with Crippen molar-refractivity contribution in [3.8, 4) is 0 Å². The second kappa shape index (κ2) is 7.82. The summed E-state index contributed by atoms with van der Waals surface area (Å²) in [5.41, 5.74) is 5.45. The average molecular weight is 405 g/mol. The van der Waals surface area contributed by atoms with Gasteiger partial charge in [-0.3, -0.25) is 9.69 Å². The van der Waals surface area contributed by atoms with Crippen LogP contribution in [0.1, 0.15) is 55.2 Å². The number of carbonyl (C=O) groups excluding carboxylic acids is 1. The molecule has 4 nitrogen and oxygen atoms in total. The molecule has 2 aromatic rings. The third-order valence-electron chi connectivity index (χ3n) is 7.72. The van der Waals surface area contributed by atoms with E-state index in [2.05, 4.69) is 65.3 Å². The van der Waals surface area contributed by atoms with Crippen LogP contribution in [-0.2, 0) is 21.5 Å². The number of piperidine rings is 1. The van der Waals surface area contributed by atoms with Crippen LogP contribution < -0.4 is 4.90 Å². The first kappa shape index (κ1) is 19.8. The molecule has 1 aliphatic carbocycles. The number of likely N-dealkylation sites (tertiary alicyclic amines) is 1. The summed E-state index contributed by atoms with van der Waals surface area (Å²) in [6.07, 6.45) is 5.20. The number of amides is 1. The molecule has 2 aromatic carbocycles. The molecule has 2 aliphatic heterocycles. The molecule has 3 aliphatic rings. The molecule has 0 bridgehead atoms. The lowest BCUT2D eigenvalue weighted by molar-refractivity contribution is -0.120. The number of carbonyl (C=O) groups is 1. The fourth-order valence-electron chi connectivity index (χ4n) is 6.04. The third kappa shape index (κ3) is 3.09. The fourth-order valence-corrected chi connectivity index (χ4v) is 6.04. The Hall–Kier alpha value is -2.17. The summed E-state index contributed by atoms with van der Waals surface area (Å²) in [6, 6.07) is 17.6. The summed E-state index contributed by atoms with van der Waals surface area (Å²) in [7, 11) is 1.71. The van der Waals surface area contributed by atoms with Gasteiger partial charge in [0.25, 0.3) is 0 Å². The summed E-state index contributed by atoms with van der Waals surface area (Å²) in [6.45, 7) is 5.12. The molecule has 1 fully saturated rings. The minimum absolute atomic E-state index is 0.0570. The van der Waals surface area contributed by atoms with Crippen molar-refractivity contribution in [1.29, 1.82) is 0 Å². The molecule has 5 rings (SSSR count). The van der Waals surface area contributed by atoms with Gasteiger partial charge < -0.3 is 9.64 Å². The number of aryl methyl sites for hydroxylation is 1. The highest BCUT2D eigenvalue weighted by molar-refractivity contribution is 6.05. The van der Waals surface area contributed by atoms with Gasteiger partial charge >= 0.3 is 0 Å². The zero-order chi connectivity index (χ0) is 20.7. The highest BCUT2D eigenvalue weighted by Gasteiger charge is 2.44. The minimum atomic E-state index is -0.0570. The van der Waals surface area contributed by atoms with Crippen molar-refractivity contribution >= 4 is 11.6 Å². The third-order valence-corrected chi connectivity index (χ3v) is 7.72. The number of ether oxygens (including phenoxy) is 1. The van der Waals surface area contributed by atoms with Crippen LogP contribution in [0.15, 0.2) is 48.5 Å². The molecule has 2 atom stereocenters. The molecule has 2 unspecified atom stereocenters. The molecule has 1 amide bonds. The Morgan fingerprint density at radius 1 is 1.07 bits per heavy atom. The van der Waals surface area contributed by atoms with E-state index in [0.717, 1.165) is 38.0 Å². The van der Waals surface area contributed by atoms with Gasteiger partial charge in [0.15, 0.2) is 0 Å². The molecule has 0 spiro atoms. The van der Waals surface area contributed by atoms with E-state index < -0.39 is 0 Å². The molecule has 0 saturated carbocycles. The lowest BCUT2D eigenvalue weighted by Crippen LogP contribution is -2.52. The second-order valence-corrected chi connectivity index (χ2v) is 9.25. The Morgan fingerprint density at radius 3 is 2.60 bits per heavy atom. The normalized spacial score (nSPS) is 26.8. The van der Waals surface area contributed by atoms with Crippen LogP contribution in [0.2, 0.25) is 0 Å². The average Bonchev–Trinajstić information content (AvgIpc) is 3.27. The highest BCUT2D eigenvalue weighted by Crippen LogP contribution is 2.45. The number of nitrogens with zero attached hydrogens (tertiary/aromatic N) is 2. The monoisotopic (exact) mass is 404 g/mol. The Balaban J connectivity index is 1.33. The van der Waals surface area contributed by atoms with Crippen molar-refractivity contribution in [2.24, 2.45) is 0 Å². The van der Waals surface area contributed by atoms with Crippen molar-refractivity contribution < 1.29 is 9.53 Å². The van der Waals surface area contributed by atoms with Crippen LogP contribution in [-0.4, -0.2) is 43.7 Å². The van der Waals surface area contributed by atoms with Crippen molar-refractivity contribution in [2.45, 2.75) is 56.5 Å². The van der Waals surface area contributed by atoms with Crippen LogP contribution in [0.25, 0.3) is 0 Å². The quantitative estimate of drug-likeness (QED) is 0.737. The molecule has 4 heteroatoms. The van der Waals surface area contributed by atoms with Crippen molar-refractivity contribution in [3.05, 3.63) is 65.2 Å². The number of hydrogen-bond acceptors (Lipinski definition) is 3. The Labute approximate surface area is 179 Å². The Morgan fingerprint density at radius 2 is 1.80 bits per heavy atom. The molecule has 2 heterocycles. The number of rotatable bonds is 5. The van der Waals surface area contributed by atoms with Crippen LogP contribution >= 0.6 is 0 Å². The maximum absolute atomic E-state index is 13.4. The number of anilines is 1. The van der Waals surface area contributed by atoms with Gasteiger partial charge in [-0.25, -0.2) is 0 Å². The van der Waals surface area contributed by atoms with E-state index in [0.29, 0.717) is 12.6 Å². The molecular formula is C26H32N2O2. The first-order valence-electron chi connectivity index (χ1n) is 11.4. The van der Waals surface area contributed by atoms with Gasteiger partial charge in [0.1, 0.15) is 0 Å². The van der Waals surface area contributed by atoms with Crippen LogP contribution in [0.5, 0.6) is 0 Å². The zero-order valence-corrected chi connectivity index (χ0v) is 18.1. The molecule has 0 radical (unpaired) electrons. The minimum Gasteiger partial charge on any atom is -0.385 e. The first-order valence-corrected chi connectivity index (χ1v) is 11.4. The van der Waals surface area contributed by atoms with Crippen LogP contribution in [0.3, 0.4) is 0 Å². The predicted octanol–water partition coefficient (Wildman–Crippen LogP) is 4.48. The lowest BCUT2D eigenvalue weighted by Gasteiger charge is -2.45. The van der Waals surface area contributed by atoms with Gasteiger partial charge in [0, 0.05) is 44.1 Å². The van der Waals surface area contributed by atoms with Gasteiger partial charge in [-0.15, -0.1) is 0 Å². The first-order chi connectivity index (χ1) is 14.6. The van der Waals surface area contributed by atoms with Crippen LogP contribution in [0.4, 0.5) is 5.69 Å². The Kier molecular flexibility index (Phi) is 5.16. The SMILES string of the molecule is COCCC1C(=O)N(C2CCN(C3(C)CCc4ccccc43)CC2)c2ccccc21. The maximum atomic E-state index is 13.4. The zero-order valence-electron chi connectivity index (χ0n) is 18.1. The topological polar surface area (TPSA) is 32.8 Å². The summed E-state index contributed by atoms with van der Waals surface area (Å²) in [5.74, 6) is 0.211. The molecule has 1 saturated heterocycles. The smallest absolute Gasteiger partial charge is 0.234 e. The molecular weight excluding hydrogens is 372 g/mol. The maximum Gasteiger partial charge on any atom is 0.234 e. The number of hydrogen-bond donors (Lipinski definition) is 0. The van der Waals surface area contributed by atoms with Crippen molar-refractivity contribution in [3.63, 3.8) is 0 Å². The Bertz CT molecular complexity index is 934. The number of para-hydroxylation sites is 1. The highest BCUT2D eigenvalue weighted by atomic mass is 16.5. The molecule has 158 valence electrons. The van der Waals surface area contributed by atoms with Crippen molar-refractivity contribution in [1.82, 2.24) is 4.90 Å².